The quantitative estimate of drug-likeness (QED) is 0.598. The third kappa shape index (κ3) is 3.55. The molecule has 1 aliphatic rings. The van der Waals surface area contributed by atoms with Crippen LogP contribution in [-0.2, 0) is 9.59 Å². The second-order valence-corrected chi connectivity index (χ2v) is 7.42. The number of carbonyl (C=O) groups is 2. The first-order chi connectivity index (χ1) is 14.0. The molecule has 1 heterocycles. The lowest BCUT2D eigenvalue weighted by molar-refractivity contribution is -0.120. The zero-order valence-corrected chi connectivity index (χ0v) is 16.8. The van der Waals surface area contributed by atoms with E-state index < -0.39 is 0 Å². The molecule has 2 amide bonds. The first kappa shape index (κ1) is 19.0. The summed E-state index contributed by atoms with van der Waals surface area (Å²) in [5, 5.41) is 3.72. The van der Waals surface area contributed by atoms with Crippen LogP contribution in [-0.4, -0.2) is 11.8 Å². The molecule has 5 heteroatoms. The van der Waals surface area contributed by atoms with Crippen LogP contribution in [0.5, 0.6) is 0 Å². The van der Waals surface area contributed by atoms with Crippen molar-refractivity contribution in [1.82, 2.24) is 0 Å². The van der Waals surface area contributed by atoms with Crippen LogP contribution in [0.4, 0.5) is 11.4 Å². The third-order valence-corrected chi connectivity index (χ3v) is 5.10. The second kappa shape index (κ2) is 7.57. The van der Waals surface area contributed by atoms with Gasteiger partial charge in [-0.2, -0.15) is 0 Å². The molecular weight excluding hydrogens is 384 g/mol. The van der Waals surface area contributed by atoms with Crippen LogP contribution in [0.3, 0.4) is 0 Å². The molecule has 0 bridgehead atoms. The van der Waals surface area contributed by atoms with Crippen molar-refractivity contribution in [2.75, 3.05) is 10.2 Å². The molecule has 3 aromatic carbocycles. The SMILES string of the molecule is Cc1cccc(N2C(=O)C(Nc3cc(Cl)ccc3C)=C(c3ccccc3)C2=O)c1. The van der Waals surface area contributed by atoms with Crippen molar-refractivity contribution in [1.29, 1.82) is 0 Å². The average molecular weight is 403 g/mol. The largest absolute Gasteiger partial charge is 0.350 e. The molecule has 0 atom stereocenters. The Morgan fingerprint density at radius 2 is 1.59 bits per heavy atom. The Labute approximate surface area is 174 Å². The van der Waals surface area contributed by atoms with Gasteiger partial charge in [0.05, 0.1) is 11.3 Å². The minimum absolute atomic E-state index is 0.244. The molecule has 0 saturated heterocycles. The zero-order chi connectivity index (χ0) is 20.5. The maximum Gasteiger partial charge on any atom is 0.282 e. The molecule has 0 aliphatic carbocycles. The molecule has 1 N–H and O–H groups in total. The lowest BCUT2D eigenvalue weighted by Gasteiger charge is -2.16. The highest BCUT2D eigenvalue weighted by atomic mass is 35.5. The number of carbonyl (C=O) groups excluding carboxylic acids is 2. The summed E-state index contributed by atoms with van der Waals surface area (Å²) in [5.74, 6) is -0.743. The van der Waals surface area contributed by atoms with Gasteiger partial charge < -0.3 is 5.32 Å². The van der Waals surface area contributed by atoms with E-state index >= 15 is 0 Å². The van der Waals surface area contributed by atoms with Crippen LogP contribution >= 0.6 is 11.6 Å². The molecule has 0 aromatic heterocycles. The molecule has 0 spiro atoms. The summed E-state index contributed by atoms with van der Waals surface area (Å²) in [6.07, 6.45) is 0. The number of hydrogen-bond acceptors (Lipinski definition) is 3. The number of rotatable bonds is 4. The van der Waals surface area contributed by atoms with Gasteiger partial charge in [0.25, 0.3) is 11.8 Å². The third-order valence-electron chi connectivity index (χ3n) is 4.87. The molecule has 3 aromatic rings. The van der Waals surface area contributed by atoms with E-state index in [9.17, 15) is 9.59 Å². The highest BCUT2D eigenvalue weighted by molar-refractivity contribution is 6.46. The summed E-state index contributed by atoms with van der Waals surface area (Å²) in [6.45, 7) is 3.84. The van der Waals surface area contributed by atoms with E-state index in [0.717, 1.165) is 11.1 Å². The highest BCUT2D eigenvalue weighted by Gasteiger charge is 2.40. The number of hydrogen-bond donors (Lipinski definition) is 1. The van der Waals surface area contributed by atoms with Gasteiger partial charge >= 0.3 is 0 Å². The smallest absolute Gasteiger partial charge is 0.282 e. The fourth-order valence-corrected chi connectivity index (χ4v) is 3.56. The van der Waals surface area contributed by atoms with Gasteiger partial charge in [0.2, 0.25) is 0 Å². The van der Waals surface area contributed by atoms with Crippen LogP contribution in [0.15, 0.2) is 78.5 Å². The first-order valence-corrected chi connectivity index (χ1v) is 9.62. The van der Waals surface area contributed by atoms with Crippen LogP contribution in [0.1, 0.15) is 16.7 Å². The normalized spacial score (nSPS) is 14.0. The van der Waals surface area contributed by atoms with E-state index in [2.05, 4.69) is 5.32 Å². The molecule has 4 nitrogen and oxygen atoms in total. The van der Waals surface area contributed by atoms with Crippen LogP contribution in [0, 0.1) is 13.8 Å². The van der Waals surface area contributed by atoms with E-state index in [-0.39, 0.29) is 17.5 Å². The average Bonchev–Trinajstić information content (AvgIpc) is 2.95. The predicted octanol–water partition coefficient (Wildman–Crippen LogP) is 5.35. The van der Waals surface area contributed by atoms with Crippen molar-refractivity contribution >= 4 is 40.4 Å². The molecule has 1 aliphatic heterocycles. The summed E-state index contributed by atoms with van der Waals surface area (Å²) in [5.41, 5.74) is 4.40. The first-order valence-electron chi connectivity index (χ1n) is 9.24. The Morgan fingerprint density at radius 1 is 0.828 bits per heavy atom. The van der Waals surface area contributed by atoms with Crippen molar-refractivity contribution in [2.24, 2.45) is 0 Å². The number of nitrogens with zero attached hydrogens (tertiary/aromatic N) is 1. The summed E-state index contributed by atoms with van der Waals surface area (Å²) in [4.78, 5) is 27.9. The van der Waals surface area contributed by atoms with Gasteiger partial charge in [-0.3, -0.25) is 9.59 Å². The predicted molar refractivity (Wildman–Crippen MR) is 117 cm³/mol. The van der Waals surface area contributed by atoms with E-state index in [1.165, 1.54) is 4.90 Å². The van der Waals surface area contributed by atoms with Crippen molar-refractivity contribution < 1.29 is 9.59 Å². The molecule has 29 heavy (non-hydrogen) atoms. The van der Waals surface area contributed by atoms with E-state index in [1.54, 1.807) is 18.2 Å². The standard InChI is InChI=1S/C24H19ClN2O2/c1-15-7-6-10-19(13-15)27-23(28)21(17-8-4-3-5-9-17)22(24(27)29)26-20-14-18(25)12-11-16(20)2/h3-14,26H,1-2H3. The highest BCUT2D eigenvalue weighted by Crippen LogP contribution is 2.34. The van der Waals surface area contributed by atoms with Gasteiger partial charge in [0.1, 0.15) is 5.70 Å². The Morgan fingerprint density at radius 3 is 2.31 bits per heavy atom. The topological polar surface area (TPSA) is 49.4 Å². The van der Waals surface area contributed by atoms with E-state index in [4.69, 9.17) is 11.6 Å². The Balaban J connectivity index is 1.85. The molecule has 144 valence electrons. The molecule has 4 rings (SSSR count). The minimum atomic E-state index is -0.390. The summed E-state index contributed by atoms with van der Waals surface area (Å²) in [6, 6.07) is 22.0. The fourth-order valence-electron chi connectivity index (χ4n) is 3.38. The molecule has 0 radical (unpaired) electrons. The van der Waals surface area contributed by atoms with Crippen LogP contribution < -0.4 is 10.2 Å². The van der Waals surface area contributed by atoms with Gasteiger partial charge in [0.15, 0.2) is 0 Å². The second-order valence-electron chi connectivity index (χ2n) is 6.98. The van der Waals surface area contributed by atoms with Crippen molar-refractivity contribution in [2.45, 2.75) is 13.8 Å². The monoisotopic (exact) mass is 402 g/mol. The van der Waals surface area contributed by atoms with Gasteiger partial charge in [-0.05, 0) is 54.8 Å². The van der Waals surface area contributed by atoms with Gasteiger partial charge in [0, 0.05) is 10.7 Å². The maximum atomic E-state index is 13.4. The zero-order valence-electron chi connectivity index (χ0n) is 16.1. The van der Waals surface area contributed by atoms with Crippen molar-refractivity contribution in [3.8, 4) is 0 Å². The summed E-state index contributed by atoms with van der Waals surface area (Å²) < 4.78 is 0. The van der Waals surface area contributed by atoms with Crippen molar-refractivity contribution in [3.63, 3.8) is 0 Å². The molecule has 0 unspecified atom stereocenters. The molecule has 0 fully saturated rings. The Kier molecular flexibility index (Phi) is 4.95. The Hall–Kier alpha value is -3.37. The van der Waals surface area contributed by atoms with Gasteiger partial charge in [-0.1, -0.05) is 60.1 Å². The summed E-state index contributed by atoms with van der Waals surface area (Å²) >= 11 is 6.14. The number of aryl methyl sites for hydroxylation is 2. The fraction of sp³-hybridized carbons (Fsp3) is 0.0833. The minimum Gasteiger partial charge on any atom is -0.350 e. The maximum absolute atomic E-state index is 13.4. The van der Waals surface area contributed by atoms with Gasteiger partial charge in [-0.15, -0.1) is 0 Å². The number of benzene rings is 3. The van der Waals surface area contributed by atoms with Crippen LogP contribution in [0.2, 0.25) is 5.02 Å². The van der Waals surface area contributed by atoms with E-state index in [1.807, 2.05) is 68.4 Å². The van der Waals surface area contributed by atoms with Crippen LogP contribution in [0.25, 0.3) is 5.57 Å². The van der Waals surface area contributed by atoms with Crippen molar-refractivity contribution in [3.05, 3.63) is 100 Å². The number of imide groups is 1. The number of halogens is 1. The number of nitrogens with one attached hydrogen (secondary N) is 1. The molecular formula is C24H19ClN2O2. The number of anilines is 2. The molecule has 0 saturated carbocycles. The lowest BCUT2D eigenvalue weighted by Crippen LogP contribution is -2.32. The lowest BCUT2D eigenvalue weighted by atomic mass is 10.0. The number of amides is 2. The van der Waals surface area contributed by atoms with E-state index in [0.29, 0.717) is 27.5 Å². The van der Waals surface area contributed by atoms with Gasteiger partial charge in [-0.25, -0.2) is 4.90 Å². The Bertz CT molecular complexity index is 1150. The summed E-state index contributed by atoms with van der Waals surface area (Å²) in [7, 11) is 0.